The van der Waals surface area contributed by atoms with E-state index in [2.05, 4.69) is 59.8 Å². The summed E-state index contributed by atoms with van der Waals surface area (Å²) in [5.41, 5.74) is -3.46. The molecule has 6 rings (SSSR count). The zero-order chi connectivity index (χ0) is 41.6. The third-order valence-corrected chi connectivity index (χ3v) is 16.8. The molecule has 13 nitrogen and oxygen atoms in total. The number of piperidine rings is 1. The number of sulfonamides is 1. The molecule has 6 aliphatic rings. The molecule has 5 amide bonds. The molecule has 4 aliphatic carbocycles. The molecular weight excluding hydrogens is 733 g/mol. The molecule has 4 saturated carbocycles. The fraction of sp³-hybridized carbons (Fsp3) is 0.833. The quantitative estimate of drug-likeness (QED) is 0.216. The van der Waals surface area contributed by atoms with Crippen LogP contribution in [0.4, 0.5) is 0 Å². The third-order valence-electron chi connectivity index (χ3n) is 15.0. The number of rotatable bonds is 12. The summed E-state index contributed by atoms with van der Waals surface area (Å²) in [6, 6.07) is -3.13. The Kier molecular flexibility index (Phi) is 10.7. The smallest absolute Gasteiger partial charge is 0.259 e. The summed E-state index contributed by atoms with van der Waals surface area (Å²) in [6.07, 6.45) is 8.85. The standard InChI is InChI=1S/C42H68N6O7S/c1-12-26-22-42(26,36(53)46-56(54,55)27-17-18-27)45-33(50)29-23-41(39(10,11)40(41)19-15-20-40)24-48(29)35(52)31(38(7,8)9)44-34(51)30(37(4,5)6)43-32(49)28-16-13-14-21-47(28)25(2)3/h12,25-31H,1,13-24H2,2-11H3,(H,43,49)(H,44,51)(H,45,50)(H,46,53)/t26-,28-,29+,30-,31-,41-,42-/m1/s1. The van der Waals surface area contributed by atoms with Crippen molar-refractivity contribution >= 4 is 39.6 Å². The molecule has 2 aliphatic heterocycles. The lowest BCUT2D eigenvalue weighted by molar-refractivity contribution is -0.145. The topological polar surface area (TPSA) is 174 Å². The average Bonchev–Trinajstić information content (AvgIpc) is 4.02. The average molecular weight is 801 g/mol. The molecule has 314 valence electrons. The second-order valence-corrected chi connectivity index (χ2v) is 22.9. The normalized spacial score (nSPS) is 31.9. The first-order valence-electron chi connectivity index (χ1n) is 21.0. The number of hydrogen-bond donors (Lipinski definition) is 4. The number of amides is 5. The Labute approximate surface area is 334 Å². The number of carbonyl (C=O) groups excluding carboxylic acids is 5. The van der Waals surface area contributed by atoms with Crippen LogP contribution in [0.2, 0.25) is 0 Å². The maximum atomic E-state index is 15.1. The van der Waals surface area contributed by atoms with Crippen LogP contribution in [0.3, 0.4) is 0 Å². The highest BCUT2D eigenvalue weighted by Crippen LogP contribution is 2.88. The van der Waals surface area contributed by atoms with Gasteiger partial charge in [-0.3, -0.25) is 33.6 Å². The summed E-state index contributed by atoms with van der Waals surface area (Å²) in [5, 5.41) is 8.46. The number of likely N-dealkylation sites (tertiary alicyclic amines) is 2. The van der Waals surface area contributed by atoms with E-state index in [9.17, 15) is 27.6 Å². The van der Waals surface area contributed by atoms with E-state index in [0.29, 0.717) is 32.2 Å². The highest BCUT2D eigenvalue weighted by Gasteiger charge is 2.85. The second-order valence-electron chi connectivity index (χ2n) is 21.0. The number of fused-ring (bicyclic) bond motifs is 1. The zero-order valence-electron chi connectivity index (χ0n) is 35.5. The lowest BCUT2D eigenvalue weighted by atomic mass is 9.73. The van der Waals surface area contributed by atoms with Gasteiger partial charge in [-0.25, -0.2) is 8.42 Å². The van der Waals surface area contributed by atoms with Crippen LogP contribution in [-0.2, 0) is 34.0 Å². The molecule has 0 unspecified atom stereocenters. The number of nitrogens with one attached hydrogen (secondary N) is 4. The van der Waals surface area contributed by atoms with Crippen LogP contribution < -0.4 is 20.7 Å². The van der Waals surface area contributed by atoms with E-state index >= 15 is 4.79 Å². The van der Waals surface area contributed by atoms with Gasteiger partial charge in [0.25, 0.3) is 5.91 Å². The Morgan fingerprint density at radius 1 is 0.804 bits per heavy atom. The zero-order valence-corrected chi connectivity index (χ0v) is 36.3. The maximum absolute atomic E-state index is 15.1. The summed E-state index contributed by atoms with van der Waals surface area (Å²) >= 11 is 0. The number of carbonyl (C=O) groups is 5. The van der Waals surface area contributed by atoms with Crippen molar-refractivity contribution in [3.8, 4) is 0 Å². The molecule has 7 atom stereocenters. The van der Waals surface area contributed by atoms with Gasteiger partial charge >= 0.3 is 0 Å². The Hall–Kier alpha value is -3.00. The predicted octanol–water partition coefficient (Wildman–Crippen LogP) is 3.78. The minimum Gasteiger partial charge on any atom is -0.342 e. The molecule has 0 radical (unpaired) electrons. The fourth-order valence-electron chi connectivity index (χ4n) is 10.9. The van der Waals surface area contributed by atoms with Gasteiger partial charge in [0.05, 0.1) is 11.3 Å². The van der Waals surface area contributed by atoms with Gasteiger partial charge in [-0.1, -0.05) is 74.3 Å². The molecule has 56 heavy (non-hydrogen) atoms. The van der Waals surface area contributed by atoms with E-state index in [1.54, 1.807) is 11.0 Å². The van der Waals surface area contributed by atoms with Crippen LogP contribution in [0, 0.1) is 33.0 Å². The molecule has 6 fully saturated rings. The highest BCUT2D eigenvalue weighted by atomic mass is 32.2. The molecule has 2 saturated heterocycles. The van der Waals surface area contributed by atoms with Crippen molar-refractivity contribution in [1.82, 2.24) is 30.5 Å². The van der Waals surface area contributed by atoms with Crippen molar-refractivity contribution in [3.05, 3.63) is 12.7 Å². The van der Waals surface area contributed by atoms with Crippen LogP contribution in [0.25, 0.3) is 0 Å². The molecule has 0 aromatic heterocycles. The van der Waals surface area contributed by atoms with E-state index in [0.717, 1.165) is 38.6 Å². The van der Waals surface area contributed by atoms with Crippen molar-refractivity contribution < 1.29 is 32.4 Å². The predicted molar refractivity (Wildman–Crippen MR) is 214 cm³/mol. The lowest BCUT2D eigenvalue weighted by Gasteiger charge is -2.40. The third kappa shape index (κ3) is 7.00. The van der Waals surface area contributed by atoms with Crippen LogP contribution in [0.5, 0.6) is 0 Å². The van der Waals surface area contributed by atoms with Crippen LogP contribution >= 0.6 is 0 Å². The van der Waals surface area contributed by atoms with E-state index in [1.807, 2.05) is 41.5 Å². The van der Waals surface area contributed by atoms with E-state index in [4.69, 9.17) is 0 Å². The first-order chi connectivity index (χ1) is 25.8. The second kappa shape index (κ2) is 14.1. The molecule has 0 aromatic rings. The van der Waals surface area contributed by atoms with Crippen molar-refractivity contribution in [2.45, 2.75) is 174 Å². The maximum Gasteiger partial charge on any atom is 0.259 e. The Morgan fingerprint density at radius 2 is 1.43 bits per heavy atom. The lowest BCUT2D eigenvalue weighted by Crippen LogP contribution is -2.64. The minimum atomic E-state index is -3.87. The molecule has 14 heteroatoms. The van der Waals surface area contributed by atoms with Gasteiger partial charge in [-0.15, -0.1) is 6.58 Å². The van der Waals surface area contributed by atoms with Gasteiger partial charge in [0.15, 0.2) is 0 Å². The Bertz CT molecular complexity index is 1760. The van der Waals surface area contributed by atoms with E-state index in [1.165, 1.54) is 0 Å². The Morgan fingerprint density at radius 3 is 1.91 bits per heavy atom. The van der Waals surface area contributed by atoms with E-state index < -0.39 is 79.3 Å². The molecule has 2 spiro atoms. The van der Waals surface area contributed by atoms with Crippen LogP contribution in [-0.4, -0.2) is 102 Å². The van der Waals surface area contributed by atoms with Crippen molar-refractivity contribution in [2.75, 3.05) is 13.1 Å². The minimum absolute atomic E-state index is 0.0186. The summed E-state index contributed by atoms with van der Waals surface area (Å²) in [5.74, 6) is -2.84. The number of nitrogens with zero attached hydrogens (tertiary/aromatic N) is 2. The SMILES string of the molecule is C=C[C@@H]1C[C@]1(NC(=O)[C@@H]1C[C@@]2(CN1C(=O)[C@@H](NC(=O)[C@@H](NC(=O)[C@H]1CCCCN1C(C)C)C(C)(C)C)C(C)(C)C)C(C)(C)C21CCC1)C(=O)NS(=O)(=O)C1CC1. The molecular formula is C42H68N6O7S. The van der Waals surface area contributed by atoms with Gasteiger partial charge in [0.1, 0.15) is 23.7 Å². The van der Waals surface area contributed by atoms with Gasteiger partial charge in [0, 0.05) is 23.9 Å². The number of hydrogen-bond acceptors (Lipinski definition) is 8. The molecule has 0 aromatic carbocycles. The van der Waals surface area contributed by atoms with E-state index in [-0.39, 0.29) is 40.7 Å². The summed E-state index contributed by atoms with van der Waals surface area (Å²) < 4.78 is 27.8. The monoisotopic (exact) mass is 800 g/mol. The van der Waals surface area contributed by atoms with Crippen molar-refractivity contribution in [1.29, 1.82) is 0 Å². The summed E-state index contributed by atoms with van der Waals surface area (Å²) in [4.78, 5) is 75.4. The van der Waals surface area contributed by atoms with Crippen molar-refractivity contribution in [3.63, 3.8) is 0 Å². The molecule has 2 heterocycles. The Balaban J connectivity index is 1.27. The summed E-state index contributed by atoms with van der Waals surface area (Å²) in [7, 11) is -3.87. The van der Waals surface area contributed by atoms with Gasteiger partial charge in [0.2, 0.25) is 33.7 Å². The van der Waals surface area contributed by atoms with Gasteiger partial charge < -0.3 is 20.9 Å². The first kappa shape index (κ1) is 42.6. The van der Waals surface area contributed by atoms with Crippen LogP contribution in [0.15, 0.2) is 12.7 Å². The summed E-state index contributed by atoms with van der Waals surface area (Å²) in [6.45, 7) is 24.8. The first-order valence-corrected chi connectivity index (χ1v) is 22.5. The largest absolute Gasteiger partial charge is 0.342 e. The highest BCUT2D eigenvalue weighted by molar-refractivity contribution is 7.91. The molecule has 4 N–H and O–H groups in total. The fourth-order valence-corrected chi connectivity index (χ4v) is 12.3. The molecule has 0 bridgehead atoms. The van der Waals surface area contributed by atoms with Gasteiger partial charge in [-0.2, -0.15) is 0 Å². The van der Waals surface area contributed by atoms with Crippen LogP contribution in [0.1, 0.15) is 133 Å². The van der Waals surface area contributed by atoms with Gasteiger partial charge in [-0.05, 0) is 93.4 Å². The van der Waals surface area contributed by atoms with Crippen molar-refractivity contribution in [2.24, 2.45) is 33.0 Å².